The van der Waals surface area contributed by atoms with Gasteiger partial charge in [0.05, 0.1) is 0 Å². The quantitative estimate of drug-likeness (QED) is 0.281. The first-order chi connectivity index (χ1) is 13.0. The Balaban J connectivity index is 2.03. The topological polar surface area (TPSA) is 9.23 Å². The number of benzene rings is 1. The first-order valence-electron chi connectivity index (χ1n) is 11.3. The Kier molecular flexibility index (Phi) is 13.0. The van der Waals surface area contributed by atoms with Crippen LogP contribution in [0, 0.1) is 17.8 Å². The third kappa shape index (κ3) is 13.6. The normalized spacial score (nSPS) is 14.4. The van der Waals surface area contributed by atoms with Gasteiger partial charge in [0.15, 0.2) is 0 Å². The van der Waals surface area contributed by atoms with Gasteiger partial charge in [-0.2, -0.15) is 0 Å². The predicted molar refractivity (Wildman–Crippen MR) is 120 cm³/mol. The van der Waals surface area contributed by atoms with Gasteiger partial charge in [-0.25, -0.2) is 0 Å². The molecule has 27 heavy (non-hydrogen) atoms. The Hall–Kier alpha value is -1.24. The Bertz CT molecular complexity index is 488. The number of ether oxygens (including phenoxy) is 1. The van der Waals surface area contributed by atoms with E-state index in [4.69, 9.17) is 4.74 Å². The number of hydrogen-bond acceptors (Lipinski definition) is 1. The molecule has 1 heteroatoms. The van der Waals surface area contributed by atoms with Crippen LogP contribution in [-0.4, -0.2) is 6.61 Å². The lowest BCUT2D eigenvalue weighted by molar-refractivity contribution is 0.361. The van der Waals surface area contributed by atoms with Gasteiger partial charge >= 0.3 is 0 Å². The fourth-order valence-electron chi connectivity index (χ4n) is 3.61. The lowest BCUT2D eigenvalue weighted by atomic mass is 9.91. The number of hydrogen-bond donors (Lipinski definition) is 0. The zero-order valence-corrected chi connectivity index (χ0v) is 18.7. The molecule has 0 radical (unpaired) electrons. The van der Waals surface area contributed by atoms with Crippen LogP contribution in [0.25, 0.3) is 0 Å². The zero-order valence-electron chi connectivity index (χ0n) is 18.7. The van der Waals surface area contributed by atoms with Crippen molar-refractivity contribution in [2.75, 3.05) is 6.61 Å². The molecule has 2 unspecified atom stereocenters. The van der Waals surface area contributed by atoms with Crippen LogP contribution in [-0.2, 0) is 0 Å². The average molecular weight is 373 g/mol. The highest BCUT2D eigenvalue weighted by Crippen LogP contribution is 2.22. The number of rotatable bonds is 15. The molecule has 0 aliphatic carbocycles. The van der Waals surface area contributed by atoms with Crippen LogP contribution in [0.5, 0.6) is 5.75 Å². The van der Waals surface area contributed by atoms with E-state index in [0.717, 1.165) is 23.5 Å². The second-order valence-electron chi connectivity index (χ2n) is 9.03. The Labute approximate surface area is 169 Å². The van der Waals surface area contributed by atoms with Gasteiger partial charge in [0.2, 0.25) is 0 Å². The summed E-state index contributed by atoms with van der Waals surface area (Å²) in [6.45, 7) is 12.5. The molecule has 0 fully saturated rings. The molecule has 0 aromatic heterocycles. The Morgan fingerprint density at radius 2 is 1.37 bits per heavy atom. The van der Waals surface area contributed by atoms with Crippen molar-refractivity contribution in [1.82, 2.24) is 0 Å². The van der Waals surface area contributed by atoms with Crippen LogP contribution in [0.3, 0.4) is 0 Å². The highest BCUT2D eigenvalue weighted by Gasteiger charge is 2.06. The van der Waals surface area contributed by atoms with E-state index < -0.39 is 0 Å². The van der Waals surface area contributed by atoms with E-state index >= 15 is 0 Å². The summed E-state index contributed by atoms with van der Waals surface area (Å²) >= 11 is 0. The highest BCUT2D eigenvalue weighted by molar-refractivity contribution is 5.21. The number of para-hydroxylation sites is 1. The molecule has 1 rings (SSSR count). The van der Waals surface area contributed by atoms with Gasteiger partial charge in [-0.05, 0) is 55.7 Å². The molecule has 0 heterocycles. The van der Waals surface area contributed by atoms with Gasteiger partial charge < -0.3 is 4.74 Å². The molecule has 0 amide bonds. The molecule has 0 saturated carbocycles. The summed E-state index contributed by atoms with van der Waals surface area (Å²) in [5.41, 5.74) is 1.46. The SMILES string of the molecule is C/C(=C\COc1ccccc1)CCCC(C)CCCC(C)CCCC(C)C. The smallest absolute Gasteiger partial charge is 0.119 e. The van der Waals surface area contributed by atoms with Gasteiger partial charge in [-0.3, -0.25) is 0 Å². The lowest BCUT2D eigenvalue weighted by Crippen LogP contribution is -2.00. The molecule has 1 aromatic rings. The summed E-state index contributed by atoms with van der Waals surface area (Å²) in [6, 6.07) is 10.1. The van der Waals surface area contributed by atoms with Crippen molar-refractivity contribution >= 4 is 0 Å². The standard InChI is InChI=1S/C26H44O/c1-22(2)12-9-13-23(3)14-10-15-24(4)16-11-17-25(5)20-21-27-26-18-7-6-8-19-26/h6-8,18-20,22-24H,9-17,21H2,1-5H3/b25-20+. The van der Waals surface area contributed by atoms with Crippen molar-refractivity contribution in [2.45, 2.75) is 92.4 Å². The molecular formula is C26H44O. The largest absolute Gasteiger partial charge is 0.490 e. The van der Waals surface area contributed by atoms with Crippen molar-refractivity contribution in [2.24, 2.45) is 17.8 Å². The maximum absolute atomic E-state index is 5.74. The lowest BCUT2D eigenvalue weighted by Gasteiger charge is -2.15. The summed E-state index contributed by atoms with van der Waals surface area (Å²) < 4.78 is 5.74. The van der Waals surface area contributed by atoms with Gasteiger partial charge in [-0.1, -0.05) is 96.4 Å². The van der Waals surface area contributed by atoms with Crippen LogP contribution in [0.1, 0.15) is 92.4 Å². The summed E-state index contributed by atoms with van der Waals surface area (Å²) in [6.07, 6.45) is 14.5. The second kappa shape index (κ2) is 14.8. The van der Waals surface area contributed by atoms with Crippen molar-refractivity contribution in [3.05, 3.63) is 42.0 Å². The third-order valence-corrected chi connectivity index (χ3v) is 5.57. The van der Waals surface area contributed by atoms with Crippen LogP contribution < -0.4 is 4.74 Å². The zero-order chi connectivity index (χ0) is 19.9. The van der Waals surface area contributed by atoms with Gasteiger partial charge in [0.1, 0.15) is 12.4 Å². The highest BCUT2D eigenvalue weighted by atomic mass is 16.5. The minimum absolute atomic E-state index is 0.681. The molecule has 0 aliphatic rings. The maximum atomic E-state index is 5.74. The fourth-order valence-corrected chi connectivity index (χ4v) is 3.61. The van der Waals surface area contributed by atoms with Crippen LogP contribution in [0.2, 0.25) is 0 Å². The third-order valence-electron chi connectivity index (χ3n) is 5.57. The van der Waals surface area contributed by atoms with E-state index in [1.807, 2.05) is 30.3 Å². The second-order valence-corrected chi connectivity index (χ2v) is 9.03. The maximum Gasteiger partial charge on any atom is 0.119 e. The molecule has 1 nitrogen and oxygen atoms in total. The van der Waals surface area contributed by atoms with E-state index in [1.54, 1.807) is 0 Å². The predicted octanol–water partition coefficient (Wildman–Crippen LogP) is 8.45. The van der Waals surface area contributed by atoms with Gasteiger partial charge in [0.25, 0.3) is 0 Å². The summed E-state index contributed by atoms with van der Waals surface area (Å²) in [5, 5.41) is 0. The minimum atomic E-state index is 0.681. The minimum Gasteiger partial charge on any atom is -0.490 e. The van der Waals surface area contributed by atoms with E-state index in [2.05, 4.69) is 40.7 Å². The molecule has 1 aromatic carbocycles. The molecule has 0 bridgehead atoms. The molecule has 154 valence electrons. The monoisotopic (exact) mass is 372 g/mol. The van der Waals surface area contributed by atoms with E-state index in [1.165, 1.54) is 63.4 Å². The molecule has 2 atom stereocenters. The Morgan fingerprint density at radius 1 is 0.815 bits per heavy atom. The molecular weight excluding hydrogens is 328 g/mol. The van der Waals surface area contributed by atoms with Gasteiger partial charge in [0, 0.05) is 0 Å². The molecule has 0 saturated heterocycles. The van der Waals surface area contributed by atoms with Gasteiger partial charge in [-0.15, -0.1) is 0 Å². The summed E-state index contributed by atoms with van der Waals surface area (Å²) in [4.78, 5) is 0. The average Bonchev–Trinajstić information content (AvgIpc) is 2.62. The van der Waals surface area contributed by atoms with Crippen molar-refractivity contribution in [1.29, 1.82) is 0 Å². The summed E-state index contributed by atoms with van der Waals surface area (Å²) in [7, 11) is 0. The van der Waals surface area contributed by atoms with E-state index in [-0.39, 0.29) is 0 Å². The summed E-state index contributed by atoms with van der Waals surface area (Å²) in [5.74, 6) is 3.58. The molecule has 0 spiro atoms. The molecule has 0 aliphatic heterocycles. The first-order valence-corrected chi connectivity index (χ1v) is 11.3. The first kappa shape index (κ1) is 23.8. The van der Waals surface area contributed by atoms with Crippen molar-refractivity contribution in [3.8, 4) is 5.75 Å². The number of allylic oxidation sites excluding steroid dienone is 1. The van der Waals surface area contributed by atoms with Crippen LogP contribution in [0.4, 0.5) is 0 Å². The van der Waals surface area contributed by atoms with Crippen LogP contribution in [0.15, 0.2) is 42.0 Å². The van der Waals surface area contributed by atoms with Crippen LogP contribution >= 0.6 is 0 Å². The van der Waals surface area contributed by atoms with E-state index in [9.17, 15) is 0 Å². The van der Waals surface area contributed by atoms with Crippen molar-refractivity contribution in [3.63, 3.8) is 0 Å². The fraction of sp³-hybridized carbons (Fsp3) is 0.692. The van der Waals surface area contributed by atoms with Crippen molar-refractivity contribution < 1.29 is 4.74 Å². The Morgan fingerprint density at radius 3 is 1.96 bits per heavy atom. The van der Waals surface area contributed by atoms with E-state index in [0.29, 0.717) is 6.61 Å². The molecule has 0 N–H and O–H groups in total.